The largest absolute Gasteiger partial charge is 0.508 e. The molecule has 1 aromatic rings. The van der Waals surface area contributed by atoms with E-state index in [1.54, 1.807) is 0 Å². The van der Waals surface area contributed by atoms with Gasteiger partial charge in [0.15, 0.2) is 0 Å². The minimum absolute atomic E-state index is 0.0396. The molecule has 1 aliphatic rings. The van der Waals surface area contributed by atoms with Crippen molar-refractivity contribution in [3.8, 4) is 5.75 Å². The van der Waals surface area contributed by atoms with E-state index in [1.807, 2.05) is 19.9 Å². The molecule has 3 heteroatoms. The van der Waals surface area contributed by atoms with Gasteiger partial charge >= 0.3 is 0 Å². The number of phenols is 1. The lowest BCUT2D eigenvalue weighted by Crippen LogP contribution is -2.24. The van der Waals surface area contributed by atoms with Crippen LogP contribution in [0.1, 0.15) is 54.8 Å². The maximum Gasteiger partial charge on any atom is 0.120 e. The number of phenolic OH excluding ortho intramolecular Hbond substituents is 1. The zero-order chi connectivity index (χ0) is 13.3. The summed E-state index contributed by atoms with van der Waals surface area (Å²) in [5, 5.41) is 10.2. The van der Waals surface area contributed by atoms with Crippen LogP contribution in [-0.4, -0.2) is 5.11 Å². The number of rotatable bonds is 2. The summed E-state index contributed by atoms with van der Waals surface area (Å²) in [6.07, 6.45) is 6.24. The molecule has 0 aromatic heterocycles. The van der Waals surface area contributed by atoms with Gasteiger partial charge in [0.25, 0.3) is 0 Å². The standard InChI is InChI=1S/C15H22BrNO/c1-9-8-12(18)13(10(2)14(9)16)15(17)11-6-4-3-5-7-11/h8,11,15,18H,3-7,17H2,1-2H3/t15-/m1/s1. The number of hydrogen-bond acceptors (Lipinski definition) is 2. The summed E-state index contributed by atoms with van der Waals surface area (Å²) in [5.41, 5.74) is 9.49. The Morgan fingerprint density at radius 3 is 2.50 bits per heavy atom. The quantitative estimate of drug-likeness (QED) is 0.852. The van der Waals surface area contributed by atoms with Crippen molar-refractivity contribution in [3.05, 3.63) is 27.2 Å². The Balaban J connectivity index is 2.34. The van der Waals surface area contributed by atoms with E-state index in [0.29, 0.717) is 11.7 Å². The fourth-order valence-electron chi connectivity index (χ4n) is 3.10. The molecule has 0 amide bonds. The highest BCUT2D eigenvalue weighted by atomic mass is 79.9. The normalized spacial score (nSPS) is 18.9. The van der Waals surface area contributed by atoms with Gasteiger partial charge in [0.05, 0.1) is 0 Å². The Bertz CT molecular complexity index is 439. The maximum atomic E-state index is 10.2. The van der Waals surface area contributed by atoms with E-state index in [2.05, 4.69) is 15.9 Å². The van der Waals surface area contributed by atoms with Crippen LogP contribution in [0.4, 0.5) is 0 Å². The molecule has 2 rings (SSSR count). The van der Waals surface area contributed by atoms with Gasteiger partial charge in [-0.1, -0.05) is 35.2 Å². The average molecular weight is 312 g/mol. The van der Waals surface area contributed by atoms with Crippen LogP contribution in [0.2, 0.25) is 0 Å². The number of halogens is 1. The molecule has 0 bridgehead atoms. The molecule has 1 atom stereocenters. The van der Waals surface area contributed by atoms with E-state index >= 15 is 0 Å². The summed E-state index contributed by atoms with van der Waals surface area (Å²) < 4.78 is 1.07. The second-order valence-corrected chi connectivity index (χ2v) is 6.28. The van der Waals surface area contributed by atoms with Gasteiger partial charge in [0, 0.05) is 16.1 Å². The molecule has 2 nitrogen and oxygen atoms in total. The van der Waals surface area contributed by atoms with Crippen LogP contribution in [0, 0.1) is 19.8 Å². The summed E-state index contributed by atoms with van der Waals surface area (Å²) in [4.78, 5) is 0. The molecule has 3 N–H and O–H groups in total. The number of nitrogens with two attached hydrogens (primary N) is 1. The first-order chi connectivity index (χ1) is 8.52. The van der Waals surface area contributed by atoms with Crippen molar-refractivity contribution in [1.29, 1.82) is 0 Å². The lowest BCUT2D eigenvalue weighted by atomic mass is 9.80. The van der Waals surface area contributed by atoms with Crippen LogP contribution in [0.15, 0.2) is 10.5 Å². The molecule has 1 aromatic carbocycles. The predicted octanol–water partition coefficient (Wildman–Crippen LogP) is 4.35. The predicted molar refractivity (Wildman–Crippen MR) is 78.8 cm³/mol. The molecule has 0 heterocycles. The SMILES string of the molecule is Cc1cc(O)c([C@H](N)C2CCCCC2)c(C)c1Br. The highest BCUT2D eigenvalue weighted by Crippen LogP contribution is 2.40. The van der Waals surface area contributed by atoms with Gasteiger partial charge in [-0.05, 0) is 49.8 Å². The van der Waals surface area contributed by atoms with Crippen LogP contribution in [0.3, 0.4) is 0 Å². The van der Waals surface area contributed by atoms with Crippen molar-refractivity contribution in [3.63, 3.8) is 0 Å². The molecule has 0 saturated heterocycles. The minimum Gasteiger partial charge on any atom is -0.508 e. The molecule has 18 heavy (non-hydrogen) atoms. The Morgan fingerprint density at radius 1 is 1.28 bits per heavy atom. The third-order valence-corrected chi connectivity index (χ3v) is 5.42. The zero-order valence-electron chi connectivity index (χ0n) is 11.2. The topological polar surface area (TPSA) is 46.2 Å². The minimum atomic E-state index is -0.0396. The number of benzene rings is 1. The summed E-state index contributed by atoms with van der Waals surface area (Å²) >= 11 is 3.59. The van der Waals surface area contributed by atoms with Crippen LogP contribution in [-0.2, 0) is 0 Å². The van der Waals surface area contributed by atoms with Gasteiger partial charge < -0.3 is 10.8 Å². The van der Waals surface area contributed by atoms with Gasteiger partial charge in [-0.2, -0.15) is 0 Å². The second-order valence-electron chi connectivity index (χ2n) is 5.49. The highest BCUT2D eigenvalue weighted by Gasteiger charge is 2.26. The Labute approximate surface area is 118 Å². The van der Waals surface area contributed by atoms with E-state index in [9.17, 15) is 5.11 Å². The van der Waals surface area contributed by atoms with Gasteiger partial charge in [-0.25, -0.2) is 0 Å². The molecule has 1 fully saturated rings. The van der Waals surface area contributed by atoms with Crippen molar-refractivity contribution < 1.29 is 5.11 Å². The van der Waals surface area contributed by atoms with Crippen LogP contribution in [0.5, 0.6) is 5.75 Å². The summed E-state index contributed by atoms with van der Waals surface area (Å²) in [7, 11) is 0. The Hall–Kier alpha value is -0.540. The van der Waals surface area contributed by atoms with E-state index in [0.717, 1.165) is 21.2 Å². The molecule has 1 aliphatic carbocycles. The van der Waals surface area contributed by atoms with Crippen LogP contribution in [0.25, 0.3) is 0 Å². The lowest BCUT2D eigenvalue weighted by Gasteiger charge is -2.29. The van der Waals surface area contributed by atoms with Crippen molar-refractivity contribution in [2.45, 2.75) is 52.0 Å². The zero-order valence-corrected chi connectivity index (χ0v) is 12.8. The molecular weight excluding hydrogens is 290 g/mol. The molecule has 0 spiro atoms. The highest BCUT2D eigenvalue weighted by molar-refractivity contribution is 9.10. The maximum absolute atomic E-state index is 10.2. The number of aryl methyl sites for hydroxylation is 1. The van der Waals surface area contributed by atoms with E-state index in [-0.39, 0.29) is 6.04 Å². The van der Waals surface area contributed by atoms with Crippen molar-refractivity contribution in [2.24, 2.45) is 11.7 Å². The van der Waals surface area contributed by atoms with Crippen molar-refractivity contribution in [1.82, 2.24) is 0 Å². The molecule has 0 radical (unpaired) electrons. The molecule has 0 aliphatic heterocycles. The number of aromatic hydroxyl groups is 1. The third kappa shape index (κ3) is 2.57. The molecule has 1 saturated carbocycles. The first kappa shape index (κ1) is 13.9. The first-order valence-corrected chi connectivity index (χ1v) is 7.55. The smallest absolute Gasteiger partial charge is 0.120 e. The Kier molecular flexibility index (Phi) is 4.33. The van der Waals surface area contributed by atoms with E-state index in [4.69, 9.17) is 5.73 Å². The molecular formula is C15H22BrNO. The first-order valence-electron chi connectivity index (χ1n) is 6.76. The van der Waals surface area contributed by atoms with Crippen LogP contribution < -0.4 is 5.73 Å². The molecule has 100 valence electrons. The van der Waals surface area contributed by atoms with Crippen molar-refractivity contribution >= 4 is 15.9 Å². The van der Waals surface area contributed by atoms with E-state index in [1.165, 1.54) is 32.1 Å². The third-order valence-electron chi connectivity index (χ3n) is 4.20. The summed E-state index contributed by atoms with van der Waals surface area (Å²) in [5.74, 6) is 0.865. The van der Waals surface area contributed by atoms with Crippen molar-refractivity contribution in [2.75, 3.05) is 0 Å². The monoisotopic (exact) mass is 311 g/mol. The molecule has 0 unspecified atom stereocenters. The average Bonchev–Trinajstić information content (AvgIpc) is 2.37. The Morgan fingerprint density at radius 2 is 1.89 bits per heavy atom. The fraction of sp³-hybridized carbons (Fsp3) is 0.600. The summed E-state index contributed by atoms with van der Waals surface area (Å²) in [6, 6.07) is 1.77. The van der Waals surface area contributed by atoms with Gasteiger partial charge in [-0.3, -0.25) is 0 Å². The fourth-order valence-corrected chi connectivity index (χ4v) is 3.43. The van der Waals surface area contributed by atoms with Gasteiger partial charge in [0.2, 0.25) is 0 Å². The second kappa shape index (κ2) is 5.62. The van der Waals surface area contributed by atoms with Gasteiger partial charge in [0.1, 0.15) is 5.75 Å². The van der Waals surface area contributed by atoms with Crippen LogP contribution >= 0.6 is 15.9 Å². The lowest BCUT2D eigenvalue weighted by molar-refractivity contribution is 0.302. The number of hydrogen-bond donors (Lipinski definition) is 2. The van der Waals surface area contributed by atoms with Gasteiger partial charge in [-0.15, -0.1) is 0 Å². The summed E-state index contributed by atoms with van der Waals surface area (Å²) in [6.45, 7) is 4.03. The van der Waals surface area contributed by atoms with E-state index < -0.39 is 0 Å².